The highest BCUT2D eigenvalue weighted by Gasteiger charge is 2.31. The fourth-order valence-electron chi connectivity index (χ4n) is 2.72. The van der Waals surface area contributed by atoms with Crippen molar-refractivity contribution in [1.82, 2.24) is 20.3 Å². The topological polar surface area (TPSA) is 80.0 Å². The predicted octanol–water partition coefficient (Wildman–Crippen LogP) is 1.86. The van der Waals surface area contributed by atoms with E-state index in [1.807, 2.05) is 13.2 Å². The van der Waals surface area contributed by atoms with E-state index in [-0.39, 0.29) is 23.2 Å². The van der Waals surface area contributed by atoms with E-state index in [0.29, 0.717) is 5.69 Å². The van der Waals surface area contributed by atoms with E-state index in [9.17, 15) is 9.90 Å². The minimum Gasteiger partial charge on any atom is -0.384 e. The Kier molecular flexibility index (Phi) is 5.50. The molecule has 7 heteroatoms. The van der Waals surface area contributed by atoms with Gasteiger partial charge >= 0.3 is 0 Å². The summed E-state index contributed by atoms with van der Waals surface area (Å²) in [4.78, 5) is 12.2. The number of thioether (sulfide) groups is 1. The molecular formula is C15H26N4O2S. The van der Waals surface area contributed by atoms with E-state index in [2.05, 4.69) is 15.6 Å². The van der Waals surface area contributed by atoms with Crippen molar-refractivity contribution < 1.29 is 9.90 Å². The molecule has 1 aromatic rings. The van der Waals surface area contributed by atoms with Crippen LogP contribution in [0.15, 0.2) is 6.20 Å². The zero-order valence-corrected chi connectivity index (χ0v) is 14.6. The average molecular weight is 326 g/mol. The quantitative estimate of drug-likeness (QED) is 0.863. The summed E-state index contributed by atoms with van der Waals surface area (Å²) in [6.45, 7) is 5.31. The van der Waals surface area contributed by atoms with Crippen LogP contribution in [0.4, 0.5) is 0 Å². The van der Waals surface area contributed by atoms with Crippen LogP contribution in [0.3, 0.4) is 0 Å². The van der Waals surface area contributed by atoms with Gasteiger partial charge in [0.2, 0.25) is 5.91 Å². The number of amides is 1. The average Bonchev–Trinajstić information content (AvgIpc) is 2.96. The van der Waals surface area contributed by atoms with Gasteiger partial charge in [-0.25, -0.2) is 4.68 Å². The summed E-state index contributed by atoms with van der Waals surface area (Å²) in [5.41, 5.74) is -0.445. The molecule has 0 aliphatic heterocycles. The number of hydrogen-bond donors (Lipinski definition) is 2. The number of hydrogen-bond acceptors (Lipinski definition) is 5. The van der Waals surface area contributed by atoms with Crippen LogP contribution in [0.25, 0.3) is 0 Å². The highest BCUT2D eigenvalue weighted by atomic mass is 32.2. The minimum atomic E-state index is -1.00. The van der Waals surface area contributed by atoms with Gasteiger partial charge < -0.3 is 10.4 Å². The molecule has 1 aromatic heterocycles. The van der Waals surface area contributed by atoms with Crippen LogP contribution in [0, 0.1) is 0 Å². The van der Waals surface area contributed by atoms with Gasteiger partial charge in [0.1, 0.15) is 11.3 Å². The third-order valence-corrected chi connectivity index (χ3v) is 5.18. The lowest BCUT2D eigenvalue weighted by Gasteiger charge is -2.32. The molecule has 0 radical (unpaired) electrons. The smallest absolute Gasteiger partial charge is 0.233 e. The zero-order chi connectivity index (χ0) is 16.3. The molecule has 0 spiro atoms. The second-order valence-electron chi connectivity index (χ2n) is 6.49. The van der Waals surface area contributed by atoms with Gasteiger partial charge in [-0.2, -0.15) is 11.8 Å². The van der Waals surface area contributed by atoms with Gasteiger partial charge in [0, 0.05) is 0 Å². The summed E-state index contributed by atoms with van der Waals surface area (Å²) >= 11 is 1.55. The van der Waals surface area contributed by atoms with Crippen molar-refractivity contribution >= 4 is 17.7 Å². The highest BCUT2D eigenvalue weighted by Crippen LogP contribution is 2.29. The number of nitrogens with zero attached hydrogens (tertiary/aromatic N) is 3. The molecular weight excluding hydrogens is 300 g/mol. The first-order chi connectivity index (χ1) is 10.3. The lowest BCUT2D eigenvalue weighted by atomic mass is 9.90. The summed E-state index contributed by atoms with van der Waals surface area (Å²) in [6, 6.07) is 0.183. The molecule has 6 nitrogen and oxygen atoms in total. The van der Waals surface area contributed by atoms with Gasteiger partial charge in [-0.15, -0.1) is 5.10 Å². The minimum absolute atomic E-state index is 0.0507. The number of aromatic nitrogens is 3. The molecule has 0 saturated heterocycles. The number of rotatable bonds is 5. The normalized spacial score (nSPS) is 24.0. The van der Waals surface area contributed by atoms with E-state index < -0.39 is 5.60 Å². The first-order valence-electron chi connectivity index (χ1n) is 7.80. The predicted molar refractivity (Wildman–Crippen MR) is 87.7 cm³/mol. The van der Waals surface area contributed by atoms with Crippen molar-refractivity contribution in [3.63, 3.8) is 0 Å². The van der Waals surface area contributed by atoms with E-state index in [0.717, 1.165) is 25.7 Å². The summed E-state index contributed by atoms with van der Waals surface area (Å²) in [5, 5.41) is 21.4. The molecule has 1 heterocycles. The number of carbonyl (C=O) groups is 1. The first kappa shape index (κ1) is 17.3. The lowest BCUT2D eigenvalue weighted by molar-refractivity contribution is -0.121. The number of nitrogens with one attached hydrogen (secondary N) is 1. The summed E-state index contributed by atoms with van der Waals surface area (Å²) in [6.07, 6.45) is 7.89. The molecule has 1 amide bonds. The van der Waals surface area contributed by atoms with Crippen molar-refractivity contribution in [2.24, 2.45) is 0 Å². The summed E-state index contributed by atoms with van der Waals surface area (Å²) in [5.74, 6) is 0.0761. The van der Waals surface area contributed by atoms with Gasteiger partial charge in [0.15, 0.2) is 0 Å². The zero-order valence-electron chi connectivity index (χ0n) is 13.7. The molecule has 0 aromatic carbocycles. The van der Waals surface area contributed by atoms with Crippen LogP contribution >= 0.6 is 11.8 Å². The van der Waals surface area contributed by atoms with E-state index in [1.165, 1.54) is 0 Å². The van der Waals surface area contributed by atoms with Gasteiger partial charge in [0.25, 0.3) is 0 Å². The van der Waals surface area contributed by atoms with Crippen molar-refractivity contribution in [2.45, 2.75) is 69.4 Å². The summed E-state index contributed by atoms with van der Waals surface area (Å²) in [7, 11) is 0. The molecule has 124 valence electrons. The van der Waals surface area contributed by atoms with Crippen LogP contribution in [0.2, 0.25) is 0 Å². The van der Waals surface area contributed by atoms with Crippen molar-refractivity contribution in [2.75, 3.05) is 6.26 Å². The van der Waals surface area contributed by atoms with E-state index in [4.69, 9.17) is 0 Å². The molecule has 2 rings (SSSR count). The second kappa shape index (κ2) is 7.00. The van der Waals surface area contributed by atoms with Crippen molar-refractivity contribution in [1.29, 1.82) is 0 Å². The fourth-order valence-corrected chi connectivity index (χ4v) is 3.00. The Morgan fingerprint density at radius 2 is 2.18 bits per heavy atom. The number of aliphatic hydroxyl groups is 1. The first-order valence-corrected chi connectivity index (χ1v) is 9.09. The molecule has 0 bridgehead atoms. The SMILES string of the molecule is CSC(C)C(=O)N[C@H]1CCCC[C@H]1n1cc(C(C)(C)O)nn1. The van der Waals surface area contributed by atoms with Gasteiger partial charge in [-0.1, -0.05) is 18.1 Å². The number of carbonyl (C=O) groups excluding carboxylic acids is 1. The maximum atomic E-state index is 12.2. The van der Waals surface area contributed by atoms with Crippen LogP contribution in [0.5, 0.6) is 0 Å². The lowest BCUT2D eigenvalue weighted by Crippen LogP contribution is -2.45. The highest BCUT2D eigenvalue weighted by molar-refractivity contribution is 7.99. The maximum absolute atomic E-state index is 12.2. The van der Waals surface area contributed by atoms with Gasteiger partial charge in [0.05, 0.1) is 23.5 Å². The Morgan fingerprint density at radius 1 is 1.50 bits per heavy atom. The van der Waals surface area contributed by atoms with Crippen molar-refractivity contribution in [3.05, 3.63) is 11.9 Å². The second-order valence-corrected chi connectivity index (χ2v) is 7.67. The molecule has 22 heavy (non-hydrogen) atoms. The summed E-state index contributed by atoms with van der Waals surface area (Å²) < 4.78 is 1.81. The largest absolute Gasteiger partial charge is 0.384 e. The Hall–Kier alpha value is -1.08. The van der Waals surface area contributed by atoms with Crippen LogP contribution < -0.4 is 5.32 Å². The molecule has 3 atom stereocenters. The third-order valence-electron chi connectivity index (χ3n) is 4.26. The molecule has 1 aliphatic rings. The Bertz CT molecular complexity index is 512. The maximum Gasteiger partial charge on any atom is 0.233 e. The monoisotopic (exact) mass is 326 g/mol. The van der Waals surface area contributed by atoms with Crippen LogP contribution in [-0.4, -0.2) is 43.6 Å². The molecule has 1 saturated carbocycles. The van der Waals surface area contributed by atoms with E-state index >= 15 is 0 Å². The fraction of sp³-hybridized carbons (Fsp3) is 0.800. The van der Waals surface area contributed by atoms with Gasteiger partial charge in [-0.05, 0) is 39.9 Å². The standard InChI is InChI=1S/C15H26N4O2S/c1-10(22-4)14(20)16-11-7-5-6-8-12(11)19-9-13(17-18-19)15(2,3)21/h9-12,21H,5-8H2,1-4H3,(H,16,20)/t10?,11-,12+/m0/s1. The molecule has 1 aliphatic carbocycles. The third kappa shape index (κ3) is 4.01. The molecule has 2 N–H and O–H groups in total. The Labute approximate surface area is 136 Å². The van der Waals surface area contributed by atoms with E-state index in [1.54, 1.807) is 36.5 Å². The van der Waals surface area contributed by atoms with Crippen LogP contribution in [-0.2, 0) is 10.4 Å². The molecule has 1 unspecified atom stereocenters. The van der Waals surface area contributed by atoms with Crippen LogP contribution in [0.1, 0.15) is 58.2 Å². The Morgan fingerprint density at radius 3 is 2.77 bits per heavy atom. The Balaban J connectivity index is 2.13. The molecule has 1 fully saturated rings. The van der Waals surface area contributed by atoms with Crippen molar-refractivity contribution in [3.8, 4) is 0 Å². The van der Waals surface area contributed by atoms with Gasteiger partial charge in [-0.3, -0.25) is 4.79 Å².